The molecule has 0 aliphatic heterocycles. The maximum atomic E-state index is 12.3. The minimum absolute atomic E-state index is 0.172. The molecule has 3 aromatic carbocycles. The van der Waals surface area contributed by atoms with Crippen LogP contribution in [0, 0.1) is 6.92 Å². The minimum atomic E-state index is -0.556. The van der Waals surface area contributed by atoms with Crippen molar-refractivity contribution in [3.63, 3.8) is 0 Å². The number of ether oxygens (including phenoxy) is 1. The number of para-hydroxylation sites is 2. The van der Waals surface area contributed by atoms with Crippen molar-refractivity contribution >= 4 is 23.3 Å². The highest BCUT2D eigenvalue weighted by molar-refractivity contribution is 6.00. The first-order valence-corrected chi connectivity index (χ1v) is 8.77. The number of anilines is 2. The van der Waals surface area contributed by atoms with E-state index < -0.39 is 5.91 Å². The van der Waals surface area contributed by atoms with E-state index in [4.69, 9.17) is 10.5 Å². The summed E-state index contributed by atoms with van der Waals surface area (Å²) in [6, 6.07) is 21.3. The van der Waals surface area contributed by atoms with Gasteiger partial charge < -0.3 is 21.1 Å². The van der Waals surface area contributed by atoms with E-state index in [9.17, 15) is 9.59 Å². The lowest BCUT2D eigenvalue weighted by Gasteiger charge is -2.14. The predicted octanol–water partition coefficient (Wildman–Crippen LogP) is 4.32. The lowest BCUT2D eigenvalue weighted by Crippen LogP contribution is -2.20. The molecule has 0 fully saturated rings. The fraction of sp³-hybridized carbons (Fsp3) is 0.0909. The lowest BCUT2D eigenvalue weighted by atomic mass is 10.1. The van der Waals surface area contributed by atoms with Gasteiger partial charge in [-0.25, -0.2) is 4.79 Å². The van der Waals surface area contributed by atoms with E-state index in [2.05, 4.69) is 10.6 Å². The van der Waals surface area contributed by atoms with Crippen LogP contribution in [0.25, 0.3) is 0 Å². The summed E-state index contributed by atoms with van der Waals surface area (Å²) in [4.78, 5) is 23.9. The molecule has 0 unspecified atom stereocenters. The molecule has 0 saturated carbocycles. The molecule has 3 aromatic rings. The van der Waals surface area contributed by atoms with E-state index in [1.54, 1.807) is 30.3 Å². The highest BCUT2D eigenvalue weighted by atomic mass is 16.5. The van der Waals surface area contributed by atoms with Crippen LogP contribution in [0.1, 0.15) is 21.5 Å². The highest BCUT2D eigenvalue weighted by Gasteiger charge is 2.11. The van der Waals surface area contributed by atoms with E-state index in [0.717, 1.165) is 11.1 Å². The first-order chi connectivity index (χ1) is 13.5. The van der Waals surface area contributed by atoms with Crippen LogP contribution in [0.5, 0.6) is 5.75 Å². The van der Waals surface area contributed by atoms with Crippen LogP contribution in [-0.4, -0.2) is 11.9 Å². The molecule has 0 aliphatic carbocycles. The van der Waals surface area contributed by atoms with E-state index in [1.807, 2.05) is 49.4 Å². The summed E-state index contributed by atoms with van der Waals surface area (Å²) in [6.45, 7) is 2.13. The molecule has 0 aromatic heterocycles. The third kappa shape index (κ3) is 4.88. The highest BCUT2D eigenvalue weighted by Crippen LogP contribution is 2.22. The average molecular weight is 375 g/mol. The van der Waals surface area contributed by atoms with Crippen molar-refractivity contribution < 1.29 is 14.3 Å². The molecule has 0 radical (unpaired) electrons. The predicted molar refractivity (Wildman–Crippen MR) is 110 cm³/mol. The SMILES string of the molecule is Cc1cccc(NC(=O)Nc2ccccc2COc2ccccc2C(N)=O)c1. The van der Waals surface area contributed by atoms with Crippen LogP contribution in [0.3, 0.4) is 0 Å². The second-order valence-electron chi connectivity index (χ2n) is 6.25. The summed E-state index contributed by atoms with van der Waals surface area (Å²) in [5, 5.41) is 5.63. The standard InChI is InChI=1S/C22H21N3O3/c1-15-7-6-9-17(13-15)24-22(27)25-19-11-4-2-8-16(19)14-28-20-12-5-3-10-18(20)21(23)26/h2-13H,14H2,1H3,(H2,23,26)(H2,24,25,27). The molecular formula is C22H21N3O3. The van der Waals surface area contributed by atoms with Crippen molar-refractivity contribution in [2.75, 3.05) is 10.6 Å². The van der Waals surface area contributed by atoms with Crippen LogP contribution in [0.15, 0.2) is 72.8 Å². The Balaban J connectivity index is 1.69. The Morgan fingerprint density at radius 3 is 2.46 bits per heavy atom. The average Bonchev–Trinajstić information content (AvgIpc) is 2.67. The molecule has 3 rings (SSSR count). The molecule has 0 bridgehead atoms. The molecule has 6 heteroatoms. The number of carbonyl (C=O) groups excluding carboxylic acids is 2. The molecule has 0 atom stereocenters. The van der Waals surface area contributed by atoms with Crippen LogP contribution in [0.4, 0.5) is 16.2 Å². The number of aryl methyl sites for hydroxylation is 1. The number of nitrogens with one attached hydrogen (secondary N) is 2. The Labute approximate surface area is 163 Å². The van der Waals surface area contributed by atoms with E-state index in [0.29, 0.717) is 22.7 Å². The second-order valence-corrected chi connectivity index (χ2v) is 6.25. The topological polar surface area (TPSA) is 93.4 Å². The van der Waals surface area contributed by atoms with Crippen molar-refractivity contribution in [3.8, 4) is 5.75 Å². The van der Waals surface area contributed by atoms with Crippen molar-refractivity contribution in [1.82, 2.24) is 0 Å². The summed E-state index contributed by atoms with van der Waals surface area (Å²) in [5.41, 5.74) is 8.83. The molecular weight excluding hydrogens is 354 g/mol. The van der Waals surface area contributed by atoms with Crippen molar-refractivity contribution in [3.05, 3.63) is 89.5 Å². The zero-order valence-electron chi connectivity index (χ0n) is 15.4. The Hall–Kier alpha value is -3.80. The van der Waals surface area contributed by atoms with Gasteiger partial charge in [-0.15, -0.1) is 0 Å². The fourth-order valence-corrected chi connectivity index (χ4v) is 2.73. The molecule has 142 valence electrons. The summed E-state index contributed by atoms with van der Waals surface area (Å²) >= 11 is 0. The van der Waals surface area contributed by atoms with Crippen LogP contribution in [0.2, 0.25) is 0 Å². The van der Waals surface area contributed by atoms with Gasteiger partial charge in [-0.2, -0.15) is 0 Å². The van der Waals surface area contributed by atoms with Crippen LogP contribution < -0.4 is 21.1 Å². The third-order valence-corrected chi connectivity index (χ3v) is 4.08. The fourth-order valence-electron chi connectivity index (χ4n) is 2.73. The number of amides is 3. The molecule has 0 spiro atoms. The number of rotatable bonds is 6. The molecule has 28 heavy (non-hydrogen) atoms. The zero-order valence-corrected chi connectivity index (χ0v) is 15.4. The van der Waals surface area contributed by atoms with Crippen molar-refractivity contribution in [1.29, 1.82) is 0 Å². The Kier molecular flexibility index (Phi) is 5.91. The summed E-state index contributed by atoms with van der Waals surface area (Å²) < 4.78 is 5.77. The van der Waals surface area contributed by atoms with Crippen LogP contribution >= 0.6 is 0 Å². The lowest BCUT2D eigenvalue weighted by molar-refractivity contribution is 0.0996. The van der Waals surface area contributed by atoms with Gasteiger partial charge in [0, 0.05) is 16.9 Å². The first kappa shape index (κ1) is 19.0. The van der Waals surface area contributed by atoms with Gasteiger partial charge in [0.05, 0.1) is 5.56 Å². The van der Waals surface area contributed by atoms with E-state index in [1.165, 1.54) is 0 Å². The maximum absolute atomic E-state index is 12.3. The number of benzene rings is 3. The van der Waals surface area contributed by atoms with Gasteiger partial charge in [0.25, 0.3) is 5.91 Å². The maximum Gasteiger partial charge on any atom is 0.323 e. The van der Waals surface area contributed by atoms with Gasteiger partial charge in [0.15, 0.2) is 0 Å². The minimum Gasteiger partial charge on any atom is -0.488 e. The number of hydrogen-bond donors (Lipinski definition) is 3. The summed E-state index contributed by atoms with van der Waals surface area (Å²) in [5.74, 6) is -0.159. The molecule has 0 aliphatic rings. The monoisotopic (exact) mass is 375 g/mol. The van der Waals surface area contributed by atoms with Gasteiger partial charge in [-0.1, -0.05) is 42.5 Å². The largest absolute Gasteiger partial charge is 0.488 e. The number of carbonyl (C=O) groups is 2. The van der Waals surface area contributed by atoms with Crippen molar-refractivity contribution in [2.45, 2.75) is 13.5 Å². The van der Waals surface area contributed by atoms with Crippen molar-refractivity contribution in [2.24, 2.45) is 5.73 Å². The Morgan fingerprint density at radius 1 is 0.929 bits per heavy atom. The van der Waals surface area contributed by atoms with E-state index >= 15 is 0 Å². The number of urea groups is 1. The first-order valence-electron chi connectivity index (χ1n) is 8.77. The zero-order chi connectivity index (χ0) is 19.9. The smallest absolute Gasteiger partial charge is 0.323 e. The Morgan fingerprint density at radius 2 is 1.68 bits per heavy atom. The Bertz CT molecular complexity index is 1000. The molecule has 0 saturated heterocycles. The molecule has 0 heterocycles. The number of hydrogen-bond acceptors (Lipinski definition) is 3. The van der Waals surface area contributed by atoms with Gasteiger partial charge in [0.1, 0.15) is 12.4 Å². The number of primary amides is 1. The van der Waals surface area contributed by atoms with Gasteiger partial charge in [0.2, 0.25) is 0 Å². The normalized spacial score (nSPS) is 10.2. The van der Waals surface area contributed by atoms with E-state index in [-0.39, 0.29) is 12.6 Å². The summed E-state index contributed by atoms with van der Waals surface area (Å²) in [7, 11) is 0. The van der Waals surface area contributed by atoms with Crippen LogP contribution in [-0.2, 0) is 6.61 Å². The number of nitrogens with two attached hydrogens (primary N) is 1. The molecule has 4 N–H and O–H groups in total. The summed E-state index contributed by atoms with van der Waals surface area (Å²) in [6.07, 6.45) is 0. The third-order valence-electron chi connectivity index (χ3n) is 4.08. The van der Waals surface area contributed by atoms with Gasteiger partial charge in [-0.3, -0.25) is 4.79 Å². The second kappa shape index (κ2) is 8.73. The van der Waals surface area contributed by atoms with Gasteiger partial charge >= 0.3 is 6.03 Å². The van der Waals surface area contributed by atoms with Gasteiger partial charge in [-0.05, 0) is 42.8 Å². The quantitative estimate of drug-likeness (QED) is 0.599. The molecule has 3 amide bonds. The molecule has 6 nitrogen and oxygen atoms in total.